The highest BCUT2D eigenvalue weighted by Gasteiger charge is 2.24. The van der Waals surface area contributed by atoms with Crippen LogP contribution in [-0.4, -0.2) is 30.4 Å². The Balaban J connectivity index is 1.58. The van der Waals surface area contributed by atoms with Crippen LogP contribution in [0.15, 0.2) is 102 Å². The predicted octanol–water partition coefficient (Wildman–Crippen LogP) is 4.43. The first kappa shape index (κ1) is 23.9. The van der Waals surface area contributed by atoms with Crippen molar-refractivity contribution in [1.29, 1.82) is 0 Å². The van der Waals surface area contributed by atoms with Gasteiger partial charge in [-0.3, -0.25) is 9.59 Å². The first-order chi connectivity index (χ1) is 16.8. The topological polar surface area (TPSA) is 128 Å². The summed E-state index contributed by atoms with van der Waals surface area (Å²) in [6, 6.07) is 24.4. The van der Waals surface area contributed by atoms with Crippen molar-refractivity contribution in [1.82, 2.24) is 9.71 Å². The number of amides is 1. The maximum Gasteiger partial charge on any atom is 0.305 e. The number of carboxylic acids is 1. The van der Waals surface area contributed by atoms with Crippen LogP contribution < -0.4 is 10.0 Å². The highest BCUT2D eigenvalue weighted by Crippen LogP contribution is 2.27. The molecule has 4 aromatic rings. The molecule has 3 aromatic carbocycles. The van der Waals surface area contributed by atoms with E-state index < -0.39 is 28.5 Å². The summed E-state index contributed by atoms with van der Waals surface area (Å²) < 4.78 is 28.8. The Morgan fingerprint density at radius 2 is 1.57 bits per heavy atom. The molecule has 1 aromatic heterocycles. The molecule has 0 unspecified atom stereocenters. The molecule has 0 saturated carbocycles. The number of carboxylic acid groups (broad SMARTS) is 1. The Morgan fingerprint density at radius 1 is 0.857 bits per heavy atom. The molecule has 0 radical (unpaired) electrons. The van der Waals surface area contributed by atoms with Gasteiger partial charge in [0.2, 0.25) is 10.0 Å². The zero-order valence-corrected chi connectivity index (χ0v) is 19.3. The van der Waals surface area contributed by atoms with Gasteiger partial charge >= 0.3 is 5.97 Å². The van der Waals surface area contributed by atoms with Crippen LogP contribution in [0.25, 0.3) is 11.1 Å². The van der Waals surface area contributed by atoms with E-state index in [2.05, 4.69) is 15.0 Å². The van der Waals surface area contributed by atoms with E-state index in [0.29, 0.717) is 28.1 Å². The van der Waals surface area contributed by atoms with Crippen molar-refractivity contribution in [3.8, 4) is 11.1 Å². The van der Waals surface area contributed by atoms with Crippen LogP contribution in [0.4, 0.5) is 5.69 Å². The van der Waals surface area contributed by atoms with Crippen molar-refractivity contribution in [2.45, 2.75) is 17.4 Å². The molecule has 178 valence electrons. The lowest BCUT2D eigenvalue weighted by Crippen LogP contribution is -2.30. The van der Waals surface area contributed by atoms with Crippen LogP contribution in [0, 0.1) is 0 Å². The molecule has 0 spiro atoms. The first-order valence-electron chi connectivity index (χ1n) is 10.8. The zero-order valence-electron chi connectivity index (χ0n) is 18.5. The molecular weight excluding hydrogens is 466 g/mol. The van der Waals surface area contributed by atoms with Crippen molar-refractivity contribution >= 4 is 27.6 Å². The first-order valence-corrected chi connectivity index (χ1v) is 12.2. The third-order valence-corrected chi connectivity index (χ3v) is 6.79. The number of nitrogens with one attached hydrogen (secondary N) is 3. The van der Waals surface area contributed by atoms with Gasteiger partial charge in [-0.25, -0.2) is 13.1 Å². The Kier molecular flexibility index (Phi) is 7.09. The minimum atomic E-state index is -4.03. The van der Waals surface area contributed by atoms with Gasteiger partial charge in [-0.05, 0) is 53.1 Å². The average Bonchev–Trinajstić information content (AvgIpc) is 3.39. The lowest BCUT2D eigenvalue weighted by molar-refractivity contribution is -0.137. The summed E-state index contributed by atoms with van der Waals surface area (Å²) in [7, 11) is -4.03. The van der Waals surface area contributed by atoms with Crippen LogP contribution in [-0.2, 0) is 14.8 Å². The summed E-state index contributed by atoms with van der Waals surface area (Å²) in [4.78, 5) is 26.5. The maximum atomic E-state index is 13.2. The van der Waals surface area contributed by atoms with Crippen LogP contribution in [0.2, 0.25) is 0 Å². The highest BCUT2D eigenvalue weighted by atomic mass is 32.2. The largest absolute Gasteiger partial charge is 0.481 e. The van der Waals surface area contributed by atoms with Gasteiger partial charge in [0.05, 0.1) is 17.4 Å². The molecule has 9 heteroatoms. The van der Waals surface area contributed by atoms with E-state index in [1.54, 1.807) is 85.1 Å². The number of H-pyrrole nitrogens is 1. The molecule has 0 saturated heterocycles. The van der Waals surface area contributed by atoms with E-state index >= 15 is 0 Å². The lowest BCUT2D eigenvalue weighted by Gasteiger charge is -2.18. The summed E-state index contributed by atoms with van der Waals surface area (Å²) in [6.07, 6.45) is 1.26. The van der Waals surface area contributed by atoms with Crippen LogP contribution in [0.5, 0.6) is 0 Å². The second kappa shape index (κ2) is 10.4. The quantitative estimate of drug-likeness (QED) is 0.277. The minimum Gasteiger partial charge on any atom is -0.481 e. The van der Waals surface area contributed by atoms with Gasteiger partial charge in [0, 0.05) is 11.9 Å². The third-order valence-electron chi connectivity index (χ3n) is 5.32. The van der Waals surface area contributed by atoms with Gasteiger partial charge in [0.25, 0.3) is 5.91 Å². The van der Waals surface area contributed by atoms with Gasteiger partial charge in [-0.15, -0.1) is 0 Å². The van der Waals surface area contributed by atoms with Crippen LogP contribution in [0.3, 0.4) is 0 Å². The molecule has 35 heavy (non-hydrogen) atoms. The lowest BCUT2D eigenvalue weighted by atomic mass is 10.1. The summed E-state index contributed by atoms with van der Waals surface area (Å²) in [6.45, 7) is 0. The van der Waals surface area contributed by atoms with Gasteiger partial charge in [-0.1, -0.05) is 54.6 Å². The number of aromatic nitrogens is 1. The molecule has 1 amide bonds. The van der Waals surface area contributed by atoms with E-state index in [1.807, 2.05) is 0 Å². The number of anilines is 1. The third kappa shape index (κ3) is 6.03. The standard InChI is InChI=1S/C26H23N3O5S/c30-25(31)17-24(18-7-2-1-3-8-18)29-35(33,34)22-12-5-10-20(16-22)19-9-4-11-21(15-19)28-26(32)23-13-6-14-27-23/h1-16,24,27,29H,17H2,(H,28,32)(H,30,31)/t24-/m0/s1. The number of aromatic amines is 1. The van der Waals surface area contributed by atoms with E-state index in [4.69, 9.17) is 0 Å². The maximum absolute atomic E-state index is 13.2. The van der Waals surface area contributed by atoms with Crippen molar-refractivity contribution in [3.05, 3.63) is 108 Å². The highest BCUT2D eigenvalue weighted by molar-refractivity contribution is 7.89. The van der Waals surface area contributed by atoms with E-state index in [1.165, 1.54) is 12.1 Å². The van der Waals surface area contributed by atoms with E-state index in [0.717, 1.165) is 0 Å². The predicted molar refractivity (Wildman–Crippen MR) is 132 cm³/mol. The van der Waals surface area contributed by atoms with Crippen molar-refractivity contribution < 1.29 is 23.1 Å². The number of rotatable bonds is 9. The summed E-state index contributed by atoms with van der Waals surface area (Å²) in [5.74, 6) is -1.41. The molecule has 4 rings (SSSR count). The van der Waals surface area contributed by atoms with Crippen LogP contribution >= 0.6 is 0 Å². The SMILES string of the molecule is O=C(O)C[C@H](NS(=O)(=O)c1cccc(-c2cccc(NC(=O)c3ccc[nH]3)c2)c1)c1ccccc1. The summed E-state index contributed by atoms with van der Waals surface area (Å²) >= 11 is 0. The van der Waals surface area contributed by atoms with Crippen molar-refractivity contribution in [2.24, 2.45) is 0 Å². The summed E-state index contributed by atoms with van der Waals surface area (Å²) in [5, 5.41) is 12.1. The monoisotopic (exact) mass is 489 g/mol. The number of hydrogen-bond donors (Lipinski definition) is 4. The second-order valence-electron chi connectivity index (χ2n) is 7.83. The second-order valence-corrected chi connectivity index (χ2v) is 9.54. The number of carbonyl (C=O) groups excluding carboxylic acids is 1. The fraction of sp³-hybridized carbons (Fsp3) is 0.0769. The molecule has 4 N–H and O–H groups in total. The zero-order chi connectivity index (χ0) is 24.8. The molecule has 0 fully saturated rings. The van der Waals surface area contributed by atoms with Crippen molar-refractivity contribution in [2.75, 3.05) is 5.32 Å². The Morgan fingerprint density at radius 3 is 2.26 bits per heavy atom. The smallest absolute Gasteiger partial charge is 0.305 e. The fourth-order valence-corrected chi connectivity index (χ4v) is 4.90. The van der Waals surface area contributed by atoms with Gasteiger partial charge in [0.1, 0.15) is 5.69 Å². The molecule has 0 aliphatic rings. The molecule has 0 aliphatic carbocycles. The number of carbonyl (C=O) groups is 2. The van der Waals surface area contributed by atoms with Gasteiger partial charge < -0.3 is 15.4 Å². The number of hydrogen-bond acceptors (Lipinski definition) is 4. The fourth-order valence-electron chi connectivity index (χ4n) is 3.63. The van der Waals surface area contributed by atoms with Gasteiger partial charge in [-0.2, -0.15) is 0 Å². The van der Waals surface area contributed by atoms with Crippen LogP contribution in [0.1, 0.15) is 28.5 Å². The summed E-state index contributed by atoms with van der Waals surface area (Å²) in [5.41, 5.74) is 2.86. The average molecular weight is 490 g/mol. The normalized spacial score (nSPS) is 12.1. The Hall–Kier alpha value is -4.21. The molecule has 0 aliphatic heterocycles. The Bertz CT molecular complexity index is 1430. The van der Waals surface area contributed by atoms with E-state index in [9.17, 15) is 23.1 Å². The number of sulfonamides is 1. The Labute approximate surface area is 202 Å². The molecule has 0 bridgehead atoms. The number of aliphatic carboxylic acids is 1. The van der Waals surface area contributed by atoms with Crippen molar-refractivity contribution in [3.63, 3.8) is 0 Å². The molecular formula is C26H23N3O5S. The molecule has 1 heterocycles. The molecule has 1 atom stereocenters. The minimum absolute atomic E-state index is 0.00199. The van der Waals surface area contributed by atoms with E-state index in [-0.39, 0.29) is 10.8 Å². The molecule has 8 nitrogen and oxygen atoms in total. The van der Waals surface area contributed by atoms with Gasteiger partial charge in [0.15, 0.2) is 0 Å². The number of benzene rings is 3.